The van der Waals surface area contributed by atoms with Gasteiger partial charge in [0.25, 0.3) is 0 Å². The highest BCUT2D eigenvalue weighted by Gasteiger charge is 2.14. The van der Waals surface area contributed by atoms with Crippen molar-refractivity contribution in [1.29, 1.82) is 0 Å². The first-order valence-electron chi connectivity index (χ1n) is 7.28. The zero-order valence-electron chi connectivity index (χ0n) is 12.1. The highest BCUT2D eigenvalue weighted by atomic mass is 32.2. The first-order valence-corrected chi connectivity index (χ1v) is 8.99. The van der Waals surface area contributed by atoms with Crippen LogP contribution in [0.4, 0.5) is 0 Å². The Balaban J connectivity index is 2.03. The summed E-state index contributed by atoms with van der Waals surface area (Å²) in [5.74, 6) is 0.351. The summed E-state index contributed by atoms with van der Waals surface area (Å²) in [4.78, 5) is 0. The zero-order valence-corrected chi connectivity index (χ0v) is 13.0. The number of benzene rings is 1. The topological polar surface area (TPSA) is 34.1 Å². The fourth-order valence-electron chi connectivity index (χ4n) is 2.04. The summed E-state index contributed by atoms with van der Waals surface area (Å²) >= 11 is 0. The molecule has 0 spiro atoms. The van der Waals surface area contributed by atoms with Crippen molar-refractivity contribution in [2.24, 2.45) is 0 Å². The molecule has 0 radical (unpaired) electrons. The van der Waals surface area contributed by atoms with Crippen LogP contribution < -0.4 is 0 Å². The molecule has 108 valence electrons. The maximum Gasteiger partial charge on any atom is 0.152 e. The predicted octanol–water partition coefficient (Wildman–Crippen LogP) is 4.00. The SMILES string of the molecule is CC(C)S(=O)(=O)CCCCCCCc1ccccc1. The van der Waals surface area contributed by atoms with Crippen molar-refractivity contribution in [1.82, 2.24) is 0 Å². The normalized spacial score (nSPS) is 11.9. The minimum Gasteiger partial charge on any atom is -0.229 e. The molecule has 1 rings (SSSR count). The van der Waals surface area contributed by atoms with E-state index in [0.29, 0.717) is 5.75 Å². The molecule has 0 aromatic heterocycles. The van der Waals surface area contributed by atoms with Crippen LogP contribution in [-0.2, 0) is 16.3 Å². The lowest BCUT2D eigenvalue weighted by Gasteiger charge is -2.07. The molecule has 1 aromatic rings. The number of rotatable bonds is 9. The molecule has 0 bridgehead atoms. The molecule has 0 N–H and O–H groups in total. The van der Waals surface area contributed by atoms with Gasteiger partial charge in [0.05, 0.1) is 11.0 Å². The fraction of sp³-hybridized carbons (Fsp3) is 0.625. The molecule has 0 aliphatic carbocycles. The average molecular weight is 282 g/mol. The van der Waals surface area contributed by atoms with E-state index < -0.39 is 9.84 Å². The molecular formula is C16H26O2S. The lowest BCUT2D eigenvalue weighted by Crippen LogP contribution is -2.17. The zero-order chi connectivity index (χ0) is 14.1. The smallest absolute Gasteiger partial charge is 0.152 e. The van der Waals surface area contributed by atoms with Crippen molar-refractivity contribution in [2.75, 3.05) is 5.75 Å². The van der Waals surface area contributed by atoms with Gasteiger partial charge in [-0.25, -0.2) is 8.42 Å². The van der Waals surface area contributed by atoms with Gasteiger partial charge in [-0.2, -0.15) is 0 Å². The minimum absolute atomic E-state index is 0.231. The molecule has 0 unspecified atom stereocenters. The highest BCUT2D eigenvalue weighted by molar-refractivity contribution is 7.91. The minimum atomic E-state index is -2.83. The summed E-state index contributed by atoms with van der Waals surface area (Å²) in [5.41, 5.74) is 1.39. The van der Waals surface area contributed by atoms with Crippen LogP contribution in [-0.4, -0.2) is 19.4 Å². The van der Waals surface area contributed by atoms with Crippen LogP contribution in [0.2, 0.25) is 0 Å². The Morgan fingerprint density at radius 2 is 1.47 bits per heavy atom. The molecule has 0 aliphatic rings. The second-order valence-corrected chi connectivity index (χ2v) is 8.10. The Bertz CT molecular complexity index is 435. The average Bonchev–Trinajstić information content (AvgIpc) is 2.38. The van der Waals surface area contributed by atoms with Gasteiger partial charge in [-0.05, 0) is 38.7 Å². The van der Waals surface area contributed by atoms with E-state index in [4.69, 9.17) is 0 Å². The van der Waals surface area contributed by atoms with Crippen LogP contribution in [0, 0.1) is 0 Å². The standard InChI is InChI=1S/C16H26O2S/c1-15(2)19(17,18)14-10-5-3-4-7-11-16-12-8-6-9-13-16/h6,8-9,12-13,15H,3-5,7,10-11,14H2,1-2H3. The van der Waals surface area contributed by atoms with Gasteiger partial charge in [0.1, 0.15) is 0 Å². The summed E-state index contributed by atoms with van der Waals surface area (Å²) in [6.45, 7) is 3.52. The van der Waals surface area contributed by atoms with Crippen molar-refractivity contribution < 1.29 is 8.42 Å². The number of sulfone groups is 1. The van der Waals surface area contributed by atoms with Crippen LogP contribution >= 0.6 is 0 Å². The number of hydrogen-bond donors (Lipinski definition) is 0. The Hall–Kier alpha value is -0.830. The lowest BCUT2D eigenvalue weighted by atomic mass is 10.1. The summed E-state index contributed by atoms with van der Waals surface area (Å²) < 4.78 is 23.2. The van der Waals surface area contributed by atoms with Crippen molar-refractivity contribution in [3.8, 4) is 0 Å². The van der Waals surface area contributed by atoms with E-state index in [0.717, 1.165) is 25.7 Å². The van der Waals surface area contributed by atoms with Crippen molar-refractivity contribution in [3.63, 3.8) is 0 Å². The van der Waals surface area contributed by atoms with E-state index in [9.17, 15) is 8.42 Å². The third-order valence-electron chi connectivity index (χ3n) is 3.46. The van der Waals surface area contributed by atoms with Gasteiger partial charge < -0.3 is 0 Å². The molecule has 0 saturated heterocycles. The molecule has 0 saturated carbocycles. The molecule has 0 heterocycles. The third-order valence-corrected chi connectivity index (χ3v) is 5.75. The van der Waals surface area contributed by atoms with E-state index in [1.807, 2.05) is 6.07 Å². The maximum absolute atomic E-state index is 11.6. The van der Waals surface area contributed by atoms with Crippen molar-refractivity contribution in [2.45, 2.75) is 57.6 Å². The molecule has 0 aliphatic heterocycles. The molecule has 2 nitrogen and oxygen atoms in total. The van der Waals surface area contributed by atoms with Gasteiger partial charge in [-0.3, -0.25) is 0 Å². The third kappa shape index (κ3) is 6.76. The first-order chi connectivity index (χ1) is 9.02. The van der Waals surface area contributed by atoms with Crippen LogP contribution in [0.3, 0.4) is 0 Å². The van der Waals surface area contributed by atoms with Crippen LogP contribution in [0.1, 0.15) is 51.5 Å². The molecule has 0 amide bonds. The molecule has 3 heteroatoms. The molecule has 1 aromatic carbocycles. The van der Waals surface area contributed by atoms with Gasteiger partial charge >= 0.3 is 0 Å². The molecule has 0 fully saturated rings. The Morgan fingerprint density at radius 1 is 0.895 bits per heavy atom. The van der Waals surface area contributed by atoms with Gasteiger partial charge in [-0.1, -0.05) is 49.6 Å². The summed E-state index contributed by atoms with van der Waals surface area (Å²) in [6, 6.07) is 10.5. The fourth-order valence-corrected chi connectivity index (χ4v) is 3.12. The second-order valence-electron chi connectivity index (χ2n) is 5.42. The maximum atomic E-state index is 11.6. The van der Waals surface area contributed by atoms with E-state index in [1.54, 1.807) is 13.8 Å². The Morgan fingerprint density at radius 3 is 2.11 bits per heavy atom. The van der Waals surface area contributed by atoms with Gasteiger partial charge in [0.15, 0.2) is 9.84 Å². The summed E-state index contributed by atoms with van der Waals surface area (Å²) in [6.07, 6.45) is 6.50. The van der Waals surface area contributed by atoms with Gasteiger partial charge in [0, 0.05) is 0 Å². The first kappa shape index (κ1) is 16.2. The summed E-state index contributed by atoms with van der Waals surface area (Å²) in [5, 5.41) is -0.231. The van der Waals surface area contributed by atoms with E-state index in [2.05, 4.69) is 24.3 Å². The largest absolute Gasteiger partial charge is 0.229 e. The Kier molecular flexibility index (Phi) is 7.14. The second kappa shape index (κ2) is 8.36. The number of hydrogen-bond acceptors (Lipinski definition) is 2. The van der Waals surface area contributed by atoms with Gasteiger partial charge in [-0.15, -0.1) is 0 Å². The summed E-state index contributed by atoms with van der Waals surface area (Å²) in [7, 11) is -2.83. The number of aryl methyl sites for hydroxylation is 1. The Labute approximate surface area is 118 Å². The quantitative estimate of drug-likeness (QED) is 0.641. The number of unbranched alkanes of at least 4 members (excludes halogenated alkanes) is 4. The molecular weight excluding hydrogens is 256 g/mol. The van der Waals surface area contributed by atoms with Crippen LogP contribution in [0.15, 0.2) is 30.3 Å². The van der Waals surface area contributed by atoms with E-state index >= 15 is 0 Å². The van der Waals surface area contributed by atoms with Crippen molar-refractivity contribution >= 4 is 9.84 Å². The van der Waals surface area contributed by atoms with E-state index in [1.165, 1.54) is 18.4 Å². The highest BCUT2D eigenvalue weighted by Crippen LogP contribution is 2.10. The molecule has 19 heavy (non-hydrogen) atoms. The molecule has 0 atom stereocenters. The van der Waals surface area contributed by atoms with Crippen molar-refractivity contribution in [3.05, 3.63) is 35.9 Å². The van der Waals surface area contributed by atoms with Crippen LogP contribution in [0.25, 0.3) is 0 Å². The monoisotopic (exact) mass is 282 g/mol. The van der Waals surface area contributed by atoms with Crippen LogP contribution in [0.5, 0.6) is 0 Å². The van der Waals surface area contributed by atoms with Gasteiger partial charge in [0.2, 0.25) is 0 Å². The predicted molar refractivity (Wildman–Crippen MR) is 82.2 cm³/mol. The van der Waals surface area contributed by atoms with E-state index in [-0.39, 0.29) is 5.25 Å². The lowest BCUT2D eigenvalue weighted by molar-refractivity contribution is 0.577.